The molecule has 2 aliphatic heterocycles. The van der Waals surface area contributed by atoms with Crippen molar-refractivity contribution in [1.29, 1.82) is 0 Å². The first-order valence-corrected chi connectivity index (χ1v) is 11.4. The van der Waals surface area contributed by atoms with Crippen LogP contribution in [0.5, 0.6) is 11.5 Å². The zero-order valence-corrected chi connectivity index (χ0v) is 18.0. The predicted octanol–water partition coefficient (Wildman–Crippen LogP) is 3.26. The number of nitrogens with zero attached hydrogens (tertiary/aromatic N) is 3. The first-order valence-electron chi connectivity index (χ1n) is 10.4. The Labute approximate surface area is 183 Å². The van der Waals surface area contributed by atoms with Crippen LogP contribution >= 0.6 is 11.8 Å². The highest BCUT2D eigenvalue weighted by molar-refractivity contribution is 7.99. The van der Waals surface area contributed by atoms with Gasteiger partial charge in [0.25, 0.3) is 5.56 Å². The van der Waals surface area contributed by atoms with Crippen molar-refractivity contribution >= 4 is 28.6 Å². The van der Waals surface area contributed by atoms with Gasteiger partial charge in [-0.25, -0.2) is 4.98 Å². The SMILES string of the molecule is C[C@H]1CCCCN1C(=O)CSc1nc2cc3c(cc2c(=O)n1Cc1ccco1)OCO3. The molecular formula is C22H23N3O5S. The Morgan fingerprint density at radius 2 is 2.10 bits per heavy atom. The molecule has 1 aromatic carbocycles. The van der Waals surface area contributed by atoms with E-state index in [0.29, 0.717) is 33.3 Å². The number of ether oxygens (including phenoxy) is 2. The first kappa shape index (κ1) is 20.0. The number of amides is 1. The molecule has 0 N–H and O–H groups in total. The highest BCUT2D eigenvalue weighted by Crippen LogP contribution is 2.35. The number of furan rings is 1. The third-order valence-corrected chi connectivity index (χ3v) is 6.72. The number of carbonyl (C=O) groups is 1. The van der Waals surface area contributed by atoms with Crippen LogP contribution in [0.4, 0.5) is 0 Å². The van der Waals surface area contributed by atoms with E-state index in [9.17, 15) is 9.59 Å². The van der Waals surface area contributed by atoms with E-state index in [1.165, 1.54) is 11.8 Å². The van der Waals surface area contributed by atoms with Gasteiger partial charge in [0.1, 0.15) is 5.76 Å². The zero-order valence-electron chi connectivity index (χ0n) is 17.2. The minimum atomic E-state index is -0.207. The lowest BCUT2D eigenvalue weighted by atomic mass is 10.0. The summed E-state index contributed by atoms with van der Waals surface area (Å²) in [5.41, 5.74) is 0.312. The van der Waals surface area contributed by atoms with Crippen LogP contribution in [0.15, 0.2) is 44.9 Å². The minimum absolute atomic E-state index is 0.0711. The van der Waals surface area contributed by atoms with E-state index < -0.39 is 0 Å². The van der Waals surface area contributed by atoms with Crippen molar-refractivity contribution in [1.82, 2.24) is 14.5 Å². The van der Waals surface area contributed by atoms with Gasteiger partial charge >= 0.3 is 0 Å². The van der Waals surface area contributed by atoms with E-state index in [0.717, 1.165) is 25.8 Å². The van der Waals surface area contributed by atoms with E-state index in [1.807, 2.05) is 11.0 Å². The van der Waals surface area contributed by atoms with Crippen LogP contribution in [0.3, 0.4) is 0 Å². The highest BCUT2D eigenvalue weighted by atomic mass is 32.2. The molecule has 0 bridgehead atoms. The summed E-state index contributed by atoms with van der Waals surface area (Å²) in [6.45, 7) is 3.23. The molecule has 1 amide bonds. The van der Waals surface area contributed by atoms with E-state index in [4.69, 9.17) is 18.9 Å². The van der Waals surface area contributed by atoms with Crippen LogP contribution in [-0.4, -0.2) is 45.5 Å². The van der Waals surface area contributed by atoms with E-state index in [2.05, 4.69) is 6.92 Å². The molecule has 4 heterocycles. The van der Waals surface area contributed by atoms with E-state index in [-0.39, 0.29) is 36.6 Å². The van der Waals surface area contributed by atoms with Crippen molar-refractivity contribution in [2.75, 3.05) is 19.1 Å². The molecule has 3 aromatic rings. The zero-order chi connectivity index (χ0) is 21.4. The molecule has 31 heavy (non-hydrogen) atoms. The summed E-state index contributed by atoms with van der Waals surface area (Å²) in [6, 6.07) is 7.22. The molecule has 2 aromatic heterocycles. The fraction of sp³-hybridized carbons (Fsp3) is 0.409. The van der Waals surface area contributed by atoms with E-state index >= 15 is 0 Å². The smallest absolute Gasteiger partial charge is 0.262 e. The number of hydrogen-bond acceptors (Lipinski definition) is 7. The summed E-state index contributed by atoms with van der Waals surface area (Å²) in [5, 5.41) is 0.918. The van der Waals surface area contributed by atoms with Crippen LogP contribution in [0.25, 0.3) is 10.9 Å². The van der Waals surface area contributed by atoms with Crippen LogP contribution in [0, 0.1) is 0 Å². The topological polar surface area (TPSA) is 86.8 Å². The van der Waals surface area contributed by atoms with Gasteiger partial charge in [-0.2, -0.15) is 0 Å². The number of piperidine rings is 1. The lowest BCUT2D eigenvalue weighted by Crippen LogP contribution is -2.43. The van der Waals surface area contributed by atoms with Gasteiger partial charge in [0.2, 0.25) is 12.7 Å². The maximum absolute atomic E-state index is 13.4. The summed E-state index contributed by atoms with van der Waals surface area (Å²) in [7, 11) is 0. The van der Waals surface area contributed by atoms with Gasteiger partial charge in [0, 0.05) is 18.7 Å². The molecule has 0 saturated carbocycles. The standard InChI is InChI=1S/C22H23N3O5S/c1-14-5-2-3-7-24(14)20(26)12-31-22-23-17-10-19-18(29-13-30-19)9-16(17)21(27)25(22)11-15-6-4-8-28-15/h4,6,8-10,14H,2-3,5,7,11-13H2,1H3/t14-/m0/s1. The molecule has 1 saturated heterocycles. The number of benzene rings is 1. The highest BCUT2D eigenvalue weighted by Gasteiger charge is 2.24. The number of fused-ring (bicyclic) bond motifs is 2. The molecule has 162 valence electrons. The number of aromatic nitrogens is 2. The summed E-state index contributed by atoms with van der Waals surface area (Å²) in [6.07, 6.45) is 4.79. The number of thioether (sulfide) groups is 1. The Morgan fingerprint density at radius 3 is 2.87 bits per heavy atom. The maximum atomic E-state index is 13.4. The Kier molecular flexibility index (Phi) is 5.35. The third kappa shape index (κ3) is 3.89. The molecular weight excluding hydrogens is 418 g/mol. The third-order valence-electron chi connectivity index (χ3n) is 5.76. The molecule has 8 nitrogen and oxygen atoms in total. The molecule has 5 rings (SSSR count). The van der Waals surface area contributed by atoms with Gasteiger partial charge in [-0.15, -0.1) is 0 Å². The number of rotatable bonds is 5. The maximum Gasteiger partial charge on any atom is 0.262 e. The molecule has 0 radical (unpaired) electrons. The predicted molar refractivity (Wildman–Crippen MR) is 116 cm³/mol. The van der Waals surface area contributed by atoms with Gasteiger partial charge < -0.3 is 18.8 Å². The van der Waals surface area contributed by atoms with Crippen LogP contribution in [0.2, 0.25) is 0 Å². The number of carbonyl (C=O) groups excluding carboxylic acids is 1. The second kappa shape index (κ2) is 8.30. The lowest BCUT2D eigenvalue weighted by Gasteiger charge is -2.33. The molecule has 0 spiro atoms. The van der Waals surface area contributed by atoms with E-state index in [1.54, 1.807) is 29.0 Å². The van der Waals surface area contributed by atoms with Crippen molar-refractivity contribution < 1.29 is 18.7 Å². The Balaban J connectivity index is 1.49. The summed E-state index contributed by atoms with van der Waals surface area (Å²) < 4.78 is 17.9. The van der Waals surface area contributed by atoms with Crippen molar-refractivity contribution in [3.8, 4) is 11.5 Å². The Hall–Kier alpha value is -2.94. The molecule has 1 fully saturated rings. The number of hydrogen-bond donors (Lipinski definition) is 0. The van der Waals surface area contributed by atoms with Crippen LogP contribution < -0.4 is 15.0 Å². The monoisotopic (exact) mass is 441 g/mol. The van der Waals surface area contributed by atoms with Crippen LogP contribution in [-0.2, 0) is 11.3 Å². The van der Waals surface area contributed by atoms with Crippen molar-refractivity contribution in [3.05, 3.63) is 46.6 Å². The Bertz CT molecular complexity index is 1170. The van der Waals surface area contributed by atoms with Gasteiger partial charge in [-0.3, -0.25) is 14.2 Å². The summed E-state index contributed by atoms with van der Waals surface area (Å²) in [5.74, 6) is 2.04. The largest absolute Gasteiger partial charge is 0.467 e. The van der Waals surface area contributed by atoms with Gasteiger partial charge in [-0.05, 0) is 44.4 Å². The molecule has 1 atom stereocenters. The van der Waals surface area contributed by atoms with Gasteiger partial charge in [0.15, 0.2) is 16.7 Å². The van der Waals surface area contributed by atoms with Crippen molar-refractivity contribution in [2.24, 2.45) is 0 Å². The fourth-order valence-electron chi connectivity index (χ4n) is 4.08. The molecule has 0 aliphatic carbocycles. The number of likely N-dealkylation sites (tertiary alicyclic amines) is 1. The first-order chi connectivity index (χ1) is 15.1. The second-order valence-electron chi connectivity index (χ2n) is 7.81. The van der Waals surface area contributed by atoms with Gasteiger partial charge in [0.05, 0.1) is 29.5 Å². The second-order valence-corrected chi connectivity index (χ2v) is 8.75. The quantitative estimate of drug-likeness (QED) is 0.444. The van der Waals surface area contributed by atoms with Gasteiger partial charge in [-0.1, -0.05) is 11.8 Å². The molecule has 9 heteroatoms. The lowest BCUT2D eigenvalue weighted by molar-refractivity contribution is -0.131. The molecule has 0 unspecified atom stereocenters. The minimum Gasteiger partial charge on any atom is -0.467 e. The summed E-state index contributed by atoms with van der Waals surface area (Å²) >= 11 is 1.28. The fourth-order valence-corrected chi connectivity index (χ4v) is 4.96. The van der Waals surface area contributed by atoms with Crippen molar-refractivity contribution in [3.63, 3.8) is 0 Å². The van der Waals surface area contributed by atoms with Crippen molar-refractivity contribution in [2.45, 2.75) is 43.9 Å². The van der Waals surface area contributed by atoms with Crippen LogP contribution in [0.1, 0.15) is 31.9 Å². The normalized spacial score (nSPS) is 18.0. The average molecular weight is 442 g/mol. The summed E-state index contributed by atoms with van der Waals surface area (Å²) in [4.78, 5) is 32.8. The Morgan fingerprint density at radius 1 is 1.26 bits per heavy atom. The average Bonchev–Trinajstić information content (AvgIpc) is 3.45. The molecule has 2 aliphatic rings.